The minimum absolute atomic E-state index is 0.0480. The van der Waals surface area contributed by atoms with Crippen molar-refractivity contribution in [2.45, 2.75) is 19.0 Å². The van der Waals surface area contributed by atoms with Crippen molar-refractivity contribution in [1.29, 1.82) is 0 Å². The van der Waals surface area contributed by atoms with Crippen LogP contribution in [-0.2, 0) is 16.9 Å². The zero-order valence-corrected chi connectivity index (χ0v) is 15.6. The van der Waals surface area contributed by atoms with E-state index < -0.39 is 11.6 Å². The molecule has 1 aliphatic heterocycles. The summed E-state index contributed by atoms with van der Waals surface area (Å²) in [5.41, 5.74) is -0.0969. The lowest BCUT2D eigenvalue weighted by atomic mass is 9.92. The Morgan fingerprint density at radius 1 is 1.25 bits per heavy atom. The van der Waals surface area contributed by atoms with Crippen LogP contribution in [0.2, 0.25) is 10.2 Å². The molecular weight excluding hydrogens is 417 g/mol. The number of amides is 3. The monoisotopic (exact) mass is 427 g/mol. The average molecular weight is 429 g/mol. The topological polar surface area (TPSA) is 62.3 Å². The molecule has 3 amide bonds. The third-order valence-corrected chi connectivity index (χ3v) is 4.92. The van der Waals surface area contributed by atoms with Gasteiger partial charge in [0, 0.05) is 4.47 Å². The lowest BCUT2D eigenvalue weighted by Crippen LogP contribution is -2.40. The zero-order valence-electron chi connectivity index (χ0n) is 12.5. The highest BCUT2D eigenvalue weighted by atomic mass is 79.9. The van der Waals surface area contributed by atoms with Gasteiger partial charge in [-0.2, -0.15) is 0 Å². The summed E-state index contributed by atoms with van der Waals surface area (Å²) in [6.45, 7) is 1.62. The maximum absolute atomic E-state index is 12.9. The quantitative estimate of drug-likeness (QED) is 0.590. The molecule has 0 bridgehead atoms. The van der Waals surface area contributed by atoms with E-state index in [1.54, 1.807) is 31.2 Å². The number of imide groups is 1. The number of aromatic nitrogens is 1. The molecule has 1 saturated heterocycles. The van der Waals surface area contributed by atoms with Gasteiger partial charge in [-0.1, -0.05) is 51.3 Å². The van der Waals surface area contributed by atoms with Crippen molar-refractivity contribution in [2.24, 2.45) is 0 Å². The number of hydrogen-bond acceptors (Lipinski definition) is 3. The van der Waals surface area contributed by atoms with Gasteiger partial charge in [0.25, 0.3) is 5.91 Å². The Morgan fingerprint density at radius 2 is 2.00 bits per heavy atom. The maximum atomic E-state index is 12.9. The van der Waals surface area contributed by atoms with E-state index in [1.165, 1.54) is 0 Å². The first-order valence-electron chi connectivity index (χ1n) is 7.02. The number of urea groups is 1. The third-order valence-electron chi connectivity index (χ3n) is 3.87. The molecule has 1 unspecified atom stereocenters. The van der Waals surface area contributed by atoms with E-state index >= 15 is 0 Å². The highest BCUT2D eigenvalue weighted by Crippen LogP contribution is 2.31. The van der Waals surface area contributed by atoms with E-state index in [0.29, 0.717) is 16.3 Å². The number of nitrogens with one attached hydrogen (secondary N) is 1. The summed E-state index contributed by atoms with van der Waals surface area (Å²) in [5, 5.41) is 3.33. The number of hydrogen-bond donors (Lipinski definition) is 1. The summed E-state index contributed by atoms with van der Waals surface area (Å²) in [7, 11) is 0. The van der Waals surface area contributed by atoms with Gasteiger partial charge in [-0.3, -0.25) is 9.69 Å². The molecule has 2 aromatic rings. The van der Waals surface area contributed by atoms with Crippen LogP contribution in [0.5, 0.6) is 0 Å². The molecule has 0 saturated carbocycles. The van der Waals surface area contributed by atoms with Gasteiger partial charge in [0.2, 0.25) is 0 Å². The van der Waals surface area contributed by atoms with E-state index in [4.69, 9.17) is 23.2 Å². The number of nitrogens with zero attached hydrogens (tertiary/aromatic N) is 2. The minimum Gasteiger partial charge on any atom is -0.319 e. The number of benzene rings is 1. The normalized spacial score (nSPS) is 20.4. The van der Waals surface area contributed by atoms with Gasteiger partial charge in [-0.25, -0.2) is 9.78 Å². The number of rotatable bonds is 3. The molecule has 8 heteroatoms. The van der Waals surface area contributed by atoms with Crippen LogP contribution in [0.4, 0.5) is 4.79 Å². The molecule has 24 heavy (non-hydrogen) atoms. The fourth-order valence-electron chi connectivity index (χ4n) is 2.55. The van der Waals surface area contributed by atoms with Gasteiger partial charge in [0.15, 0.2) is 0 Å². The van der Waals surface area contributed by atoms with Gasteiger partial charge >= 0.3 is 6.03 Å². The van der Waals surface area contributed by atoms with Crippen molar-refractivity contribution < 1.29 is 9.59 Å². The van der Waals surface area contributed by atoms with Crippen molar-refractivity contribution in [2.75, 3.05) is 0 Å². The van der Waals surface area contributed by atoms with Gasteiger partial charge in [-0.05, 0) is 36.8 Å². The van der Waals surface area contributed by atoms with Gasteiger partial charge < -0.3 is 5.32 Å². The predicted molar refractivity (Wildman–Crippen MR) is 94.8 cm³/mol. The molecular formula is C16H12BrCl2N3O2. The molecule has 124 valence electrons. The second kappa shape index (κ2) is 6.35. The Morgan fingerprint density at radius 3 is 2.71 bits per heavy atom. The average Bonchev–Trinajstić information content (AvgIpc) is 2.75. The van der Waals surface area contributed by atoms with Gasteiger partial charge in [0.05, 0.1) is 17.3 Å². The predicted octanol–water partition coefficient (Wildman–Crippen LogP) is 4.12. The summed E-state index contributed by atoms with van der Waals surface area (Å²) in [4.78, 5) is 30.4. The van der Waals surface area contributed by atoms with E-state index in [0.717, 1.165) is 9.37 Å². The Bertz CT molecular complexity index is 846. The molecule has 1 aromatic heterocycles. The van der Waals surface area contributed by atoms with Crippen LogP contribution in [0.1, 0.15) is 18.2 Å². The zero-order chi connectivity index (χ0) is 17.5. The smallest absolute Gasteiger partial charge is 0.319 e. The van der Waals surface area contributed by atoms with Crippen LogP contribution in [0.15, 0.2) is 40.9 Å². The highest BCUT2D eigenvalue weighted by molar-refractivity contribution is 9.10. The molecule has 0 spiro atoms. The largest absolute Gasteiger partial charge is 0.325 e. The second-order valence-electron chi connectivity index (χ2n) is 5.52. The minimum atomic E-state index is -1.15. The number of pyridine rings is 1. The number of carbonyl (C=O) groups excluding carboxylic acids is 2. The Balaban J connectivity index is 1.93. The first-order valence-corrected chi connectivity index (χ1v) is 8.57. The molecule has 0 radical (unpaired) electrons. The lowest BCUT2D eigenvalue weighted by molar-refractivity contribution is -0.131. The second-order valence-corrected chi connectivity index (χ2v) is 7.23. The number of carbonyl (C=O) groups is 2. The SMILES string of the molecule is CC1(c2cccc(Br)c2)NC(=O)N(Cc2nc(Cl)ccc2Cl)C1=O. The highest BCUT2D eigenvalue weighted by Gasteiger charge is 2.49. The number of halogens is 3. The molecule has 2 heterocycles. The summed E-state index contributed by atoms with van der Waals surface area (Å²) >= 11 is 15.3. The first kappa shape index (κ1) is 17.2. The van der Waals surface area contributed by atoms with Crippen LogP contribution >= 0.6 is 39.1 Å². The van der Waals surface area contributed by atoms with E-state index in [2.05, 4.69) is 26.2 Å². The fourth-order valence-corrected chi connectivity index (χ4v) is 3.28. The van der Waals surface area contributed by atoms with Crippen molar-refractivity contribution in [1.82, 2.24) is 15.2 Å². The van der Waals surface area contributed by atoms with E-state index in [-0.39, 0.29) is 17.6 Å². The van der Waals surface area contributed by atoms with Crippen LogP contribution < -0.4 is 5.32 Å². The van der Waals surface area contributed by atoms with Crippen LogP contribution in [-0.4, -0.2) is 21.8 Å². The Hall–Kier alpha value is -1.63. The van der Waals surface area contributed by atoms with Gasteiger partial charge in [-0.15, -0.1) is 0 Å². The van der Waals surface area contributed by atoms with E-state index in [1.807, 2.05) is 12.1 Å². The van der Waals surface area contributed by atoms with Gasteiger partial charge in [0.1, 0.15) is 10.7 Å². The molecule has 1 N–H and O–H groups in total. The van der Waals surface area contributed by atoms with Crippen molar-refractivity contribution in [3.8, 4) is 0 Å². The maximum Gasteiger partial charge on any atom is 0.325 e. The Labute approximate surface area is 157 Å². The standard InChI is InChI=1S/C16H12BrCl2N3O2/c1-16(9-3-2-4-10(17)7-9)14(23)22(15(24)21-16)8-12-11(18)5-6-13(19)20-12/h2-7H,8H2,1H3,(H,21,24). The van der Waals surface area contributed by atoms with Crippen molar-refractivity contribution >= 4 is 51.1 Å². The molecule has 1 aliphatic rings. The Kier molecular flexibility index (Phi) is 4.55. The summed E-state index contributed by atoms with van der Waals surface area (Å²) in [5.74, 6) is -0.372. The molecule has 5 nitrogen and oxygen atoms in total. The molecule has 1 fully saturated rings. The molecule has 1 aromatic carbocycles. The van der Waals surface area contributed by atoms with Crippen LogP contribution in [0.3, 0.4) is 0 Å². The summed E-state index contributed by atoms with van der Waals surface area (Å²) in [6, 6.07) is 9.87. The summed E-state index contributed by atoms with van der Waals surface area (Å²) in [6.07, 6.45) is 0. The van der Waals surface area contributed by atoms with Crippen LogP contribution in [0, 0.1) is 0 Å². The van der Waals surface area contributed by atoms with Crippen molar-refractivity contribution in [3.63, 3.8) is 0 Å². The third kappa shape index (κ3) is 3.01. The molecule has 3 rings (SSSR count). The summed E-state index contributed by atoms with van der Waals surface area (Å²) < 4.78 is 0.821. The molecule has 1 atom stereocenters. The van der Waals surface area contributed by atoms with Crippen molar-refractivity contribution in [3.05, 3.63) is 62.3 Å². The fraction of sp³-hybridized carbons (Fsp3) is 0.188. The first-order chi connectivity index (χ1) is 11.3. The van der Waals surface area contributed by atoms with Crippen LogP contribution in [0.25, 0.3) is 0 Å². The molecule has 0 aliphatic carbocycles. The van der Waals surface area contributed by atoms with E-state index in [9.17, 15) is 9.59 Å². The lowest BCUT2D eigenvalue weighted by Gasteiger charge is -2.22.